The highest BCUT2D eigenvalue weighted by molar-refractivity contribution is 5.93. The van der Waals surface area contributed by atoms with E-state index in [1.54, 1.807) is 0 Å². The summed E-state index contributed by atoms with van der Waals surface area (Å²) < 4.78 is 111. The zero-order valence-electron chi connectivity index (χ0n) is 24.8. The van der Waals surface area contributed by atoms with Gasteiger partial charge in [-0.2, -0.15) is 23.3 Å². The Kier molecular flexibility index (Phi) is 8.48. The van der Waals surface area contributed by atoms with Crippen LogP contribution in [0.15, 0.2) is 27.6 Å². The first-order chi connectivity index (χ1) is 22.7. The second-order valence-electron chi connectivity index (χ2n) is 11.9. The third-order valence-electron chi connectivity index (χ3n) is 8.61. The van der Waals surface area contributed by atoms with Crippen LogP contribution in [-0.2, 0) is 17.6 Å². The Hall–Kier alpha value is -4.85. The van der Waals surface area contributed by atoms with Gasteiger partial charge in [0.25, 0.3) is 12.3 Å². The van der Waals surface area contributed by atoms with Crippen molar-refractivity contribution in [2.75, 3.05) is 7.11 Å². The molecule has 14 nitrogen and oxygen atoms in total. The first-order valence-corrected chi connectivity index (χ1v) is 14.5. The summed E-state index contributed by atoms with van der Waals surface area (Å²) in [6.45, 7) is 0. The molecule has 1 saturated heterocycles. The zero-order valence-corrected chi connectivity index (χ0v) is 24.8. The van der Waals surface area contributed by atoms with Gasteiger partial charge >= 0.3 is 12.2 Å². The lowest BCUT2D eigenvalue weighted by Crippen LogP contribution is -2.39. The van der Waals surface area contributed by atoms with E-state index >= 15 is 0 Å². The molecule has 0 bridgehead atoms. The lowest BCUT2D eigenvalue weighted by Gasteiger charge is -2.33. The summed E-state index contributed by atoms with van der Waals surface area (Å²) in [7, 11) is 1.26. The van der Waals surface area contributed by atoms with Gasteiger partial charge in [-0.15, -0.1) is 0 Å². The quantitative estimate of drug-likeness (QED) is 0.231. The van der Waals surface area contributed by atoms with Crippen molar-refractivity contribution < 1.29 is 54.2 Å². The Labute approximate surface area is 264 Å². The lowest BCUT2D eigenvalue weighted by atomic mass is 9.76. The molecule has 2 N–H and O–H groups in total. The van der Waals surface area contributed by atoms with E-state index in [9.17, 15) is 40.3 Å². The van der Waals surface area contributed by atoms with Crippen LogP contribution in [0.25, 0.3) is 5.65 Å². The van der Waals surface area contributed by atoms with Crippen molar-refractivity contribution in [1.29, 1.82) is 0 Å². The van der Waals surface area contributed by atoms with Crippen LogP contribution in [0.5, 0.6) is 6.01 Å². The van der Waals surface area contributed by atoms with Crippen LogP contribution in [0.2, 0.25) is 0 Å². The summed E-state index contributed by atoms with van der Waals surface area (Å²) in [5, 5.41) is 18.7. The van der Waals surface area contributed by atoms with Crippen LogP contribution >= 0.6 is 0 Å². The number of aromatic nitrogens is 7. The second-order valence-corrected chi connectivity index (χ2v) is 11.9. The maximum Gasteiger partial charge on any atom is 0.408 e. The van der Waals surface area contributed by atoms with Crippen LogP contribution in [0.4, 0.5) is 30.7 Å². The minimum atomic E-state index is -4.73. The molecule has 5 heterocycles. The van der Waals surface area contributed by atoms with Crippen molar-refractivity contribution in [3.8, 4) is 6.01 Å². The van der Waals surface area contributed by atoms with Gasteiger partial charge in [0.15, 0.2) is 11.3 Å². The van der Waals surface area contributed by atoms with Crippen molar-refractivity contribution in [2.24, 2.45) is 11.3 Å². The molecule has 2 fully saturated rings. The van der Waals surface area contributed by atoms with Gasteiger partial charge in [0.05, 0.1) is 36.7 Å². The summed E-state index contributed by atoms with van der Waals surface area (Å²) in [5.74, 6) is -5.63. The molecule has 3 atom stereocenters. The predicted molar refractivity (Wildman–Crippen MR) is 143 cm³/mol. The molecule has 6 rings (SSSR count). The number of halogens is 7. The number of methoxy groups -OCH3 is 1. The largest absolute Gasteiger partial charge is 0.465 e. The van der Waals surface area contributed by atoms with Crippen molar-refractivity contribution in [2.45, 2.75) is 75.6 Å². The van der Waals surface area contributed by atoms with Gasteiger partial charge in [-0.25, -0.2) is 31.7 Å². The summed E-state index contributed by atoms with van der Waals surface area (Å²) in [5.41, 5.74) is -2.89. The highest BCUT2D eigenvalue weighted by Crippen LogP contribution is 2.43. The first-order valence-electron chi connectivity index (χ1n) is 14.5. The number of fused-ring (bicyclic) bond motifs is 1. The van der Waals surface area contributed by atoms with E-state index in [1.807, 2.05) is 5.32 Å². The highest BCUT2D eigenvalue weighted by Gasteiger charge is 2.56. The lowest BCUT2D eigenvalue weighted by molar-refractivity contribution is -0.155. The zero-order chi connectivity index (χ0) is 34.4. The van der Waals surface area contributed by atoms with E-state index < -0.39 is 84.4 Å². The number of rotatable bonds is 10. The number of alkyl halides is 7. The summed E-state index contributed by atoms with van der Waals surface area (Å²) in [4.78, 5) is 34.6. The van der Waals surface area contributed by atoms with Gasteiger partial charge in [0, 0.05) is 19.3 Å². The molecule has 1 aliphatic heterocycles. The number of hydrogen-bond donors (Lipinski definition) is 2. The Bertz CT molecular complexity index is 1800. The molecule has 48 heavy (non-hydrogen) atoms. The third kappa shape index (κ3) is 6.61. The molecule has 0 aromatic carbocycles. The van der Waals surface area contributed by atoms with Gasteiger partial charge in [0.2, 0.25) is 23.4 Å². The topological polar surface area (TPSA) is 175 Å². The Morgan fingerprint density at radius 1 is 1.17 bits per heavy atom. The number of hydrogen-bond acceptors (Lipinski definition) is 11. The number of imidazole rings is 1. The van der Waals surface area contributed by atoms with E-state index in [0.29, 0.717) is 5.56 Å². The number of amides is 2. The standard InChI is InChI=1S/C27H26F7N9O5/c1-46-24-38-17(47-42-24)9-25(8-15(27(32,33)34)37-23(25)45)7-12-6-16-36-14(11-43(16)35-10-12)18(13-2-4-26(30,31)5-3-13)39-22(44)20-19(21(28)29)40-48-41-20/h6,10-11,13,15,18,21H,2-5,7-9H2,1H3,(H,37,45)(H,39,44)/t15-,18-,25-/m0/s1. The Morgan fingerprint density at radius 2 is 1.92 bits per heavy atom. The number of nitrogens with one attached hydrogen (secondary N) is 2. The molecule has 0 radical (unpaired) electrons. The summed E-state index contributed by atoms with van der Waals surface area (Å²) in [6.07, 6.45) is -7.51. The number of ether oxygens (including phenoxy) is 1. The molecular weight excluding hydrogens is 663 g/mol. The number of carbonyl (C=O) groups excluding carboxylic acids is 2. The molecule has 0 spiro atoms. The van der Waals surface area contributed by atoms with Crippen LogP contribution in [0.1, 0.15) is 77.9 Å². The van der Waals surface area contributed by atoms with Crippen molar-refractivity contribution in [3.05, 3.63) is 47.0 Å². The molecular formula is C27H26F7N9O5. The van der Waals surface area contributed by atoms with Gasteiger partial charge < -0.3 is 19.9 Å². The molecule has 0 unspecified atom stereocenters. The second kappa shape index (κ2) is 12.3. The number of nitrogens with zero attached hydrogens (tertiary/aromatic N) is 7. The average molecular weight is 690 g/mol. The molecule has 4 aromatic rings. The molecule has 2 amide bonds. The maximum absolute atomic E-state index is 14.0. The molecule has 4 aromatic heterocycles. The maximum atomic E-state index is 14.0. The molecule has 2 aliphatic rings. The monoisotopic (exact) mass is 689 g/mol. The normalized spacial score (nSPS) is 22.3. The molecule has 21 heteroatoms. The summed E-state index contributed by atoms with van der Waals surface area (Å²) >= 11 is 0. The number of carbonyl (C=O) groups is 2. The average Bonchev–Trinajstić information content (AvgIpc) is 3.82. The van der Waals surface area contributed by atoms with E-state index in [1.165, 1.54) is 30.1 Å². The summed E-state index contributed by atoms with van der Waals surface area (Å²) in [6, 6.07) is -1.91. The van der Waals surface area contributed by atoms with Crippen LogP contribution < -0.4 is 15.4 Å². The van der Waals surface area contributed by atoms with E-state index in [2.05, 4.69) is 40.5 Å². The molecule has 1 aliphatic carbocycles. The third-order valence-corrected chi connectivity index (χ3v) is 8.61. The fraction of sp³-hybridized carbons (Fsp3) is 0.556. The van der Waals surface area contributed by atoms with E-state index in [0.717, 1.165) is 0 Å². The highest BCUT2D eigenvalue weighted by atomic mass is 19.4. The first kappa shape index (κ1) is 33.1. The van der Waals surface area contributed by atoms with Crippen molar-refractivity contribution >= 4 is 17.5 Å². The fourth-order valence-corrected chi connectivity index (χ4v) is 6.20. The Balaban J connectivity index is 1.31. The van der Waals surface area contributed by atoms with Gasteiger partial charge in [-0.05, 0) is 58.7 Å². The van der Waals surface area contributed by atoms with Crippen LogP contribution in [0.3, 0.4) is 0 Å². The van der Waals surface area contributed by atoms with E-state index in [-0.39, 0.29) is 48.9 Å². The minimum Gasteiger partial charge on any atom is -0.465 e. The van der Waals surface area contributed by atoms with Crippen molar-refractivity contribution in [1.82, 2.24) is 45.7 Å². The smallest absolute Gasteiger partial charge is 0.408 e. The van der Waals surface area contributed by atoms with E-state index in [4.69, 9.17) is 9.26 Å². The minimum absolute atomic E-state index is 0.0400. The van der Waals surface area contributed by atoms with Crippen LogP contribution in [0, 0.1) is 11.3 Å². The fourth-order valence-electron chi connectivity index (χ4n) is 6.20. The van der Waals surface area contributed by atoms with Crippen molar-refractivity contribution in [3.63, 3.8) is 0 Å². The molecule has 1 saturated carbocycles. The van der Waals surface area contributed by atoms with Crippen LogP contribution in [-0.4, -0.2) is 72.1 Å². The van der Waals surface area contributed by atoms with Gasteiger partial charge in [-0.3, -0.25) is 9.59 Å². The predicted octanol–water partition coefficient (Wildman–Crippen LogP) is 3.96. The van der Waals surface area contributed by atoms with Gasteiger partial charge in [0.1, 0.15) is 6.04 Å². The molecule has 258 valence electrons. The SMILES string of the molecule is COc1noc(C[C@]2(Cc3cnn4cc([C@@H](NC(=O)c5nonc5C(F)F)C5CCC(F)(F)CC5)nc4c3)C[C@@H](C(F)(F)F)NC2=O)n1. The Morgan fingerprint density at radius 3 is 2.56 bits per heavy atom. The van der Waals surface area contributed by atoms with Gasteiger partial charge in [-0.1, -0.05) is 0 Å².